The number of nitro groups is 2. The first-order valence-electron chi connectivity index (χ1n) is 5.45. The summed E-state index contributed by atoms with van der Waals surface area (Å²) < 4.78 is 0. The molecule has 0 spiro atoms. The van der Waals surface area contributed by atoms with E-state index in [0.29, 0.717) is 16.5 Å². The number of thiocarbonyl (C=S) groups is 1. The third kappa shape index (κ3) is 1.64. The summed E-state index contributed by atoms with van der Waals surface area (Å²) in [6.07, 6.45) is 0. The molecule has 2 aromatic rings. The molecule has 0 aliphatic carbocycles. The van der Waals surface area contributed by atoms with Gasteiger partial charge in [-0.25, -0.2) is 0 Å². The number of hydrogen-bond donors (Lipinski definition) is 2. The average Bonchev–Trinajstić information content (AvgIpc) is 2.37. The van der Waals surface area contributed by atoms with E-state index in [1.807, 2.05) is 0 Å². The third-order valence-corrected chi connectivity index (χ3v) is 3.20. The maximum Gasteiger partial charge on any atom is 0.300 e. The first-order valence-corrected chi connectivity index (χ1v) is 5.86. The van der Waals surface area contributed by atoms with Crippen LogP contribution in [0.5, 0.6) is 0 Å². The summed E-state index contributed by atoms with van der Waals surface area (Å²) in [4.78, 5) is 20.9. The van der Waals surface area contributed by atoms with Crippen molar-refractivity contribution in [2.45, 2.75) is 0 Å². The van der Waals surface area contributed by atoms with Crippen LogP contribution in [-0.2, 0) is 0 Å². The van der Waals surface area contributed by atoms with Gasteiger partial charge in [-0.2, -0.15) is 0 Å². The summed E-state index contributed by atoms with van der Waals surface area (Å²) in [6, 6.07) is 5.78. The minimum absolute atomic E-state index is 0.176. The standard InChI is InChI=1S/C11H6N4O4S/c16-14(17)7-4-8(15(18)19)10-9-5(7)2-1-3-6(9)12-11(20)13-10/h1-4H,(H2,12,13,20). The van der Waals surface area contributed by atoms with Crippen LogP contribution in [0.3, 0.4) is 0 Å². The molecule has 0 radical (unpaired) electrons. The fraction of sp³-hybridized carbons (Fsp3) is 0. The fourth-order valence-corrected chi connectivity index (χ4v) is 2.45. The number of nitrogens with zero attached hydrogens (tertiary/aromatic N) is 2. The van der Waals surface area contributed by atoms with Crippen LogP contribution in [0.1, 0.15) is 0 Å². The molecule has 0 aromatic heterocycles. The van der Waals surface area contributed by atoms with Gasteiger partial charge in [-0.05, 0) is 24.4 Å². The van der Waals surface area contributed by atoms with Gasteiger partial charge < -0.3 is 10.6 Å². The molecule has 0 amide bonds. The molecule has 0 fully saturated rings. The van der Waals surface area contributed by atoms with Gasteiger partial charge in [-0.15, -0.1) is 0 Å². The maximum absolute atomic E-state index is 11.1. The normalized spacial score (nSPS) is 12.7. The molecular formula is C11H6N4O4S. The Balaban J connectivity index is 2.51. The Morgan fingerprint density at radius 3 is 2.40 bits per heavy atom. The molecule has 1 heterocycles. The molecule has 1 aliphatic rings. The van der Waals surface area contributed by atoms with Crippen molar-refractivity contribution >= 4 is 50.9 Å². The minimum Gasteiger partial charge on any atom is -0.332 e. The van der Waals surface area contributed by atoms with Crippen molar-refractivity contribution in [1.29, 1.82) is 0 Å². The Morgan fingerprint density at radius 1 is 1.05 bits per heavy atom. The van der Waals surface area contributed by atoms with Gasteiger partial charge in [0.15, 0.2) is 5.11 Å². The van der Waals surface area contributed by atoms with E-state index in [4.69, 9.17) is 12.2 Å². The molecule has 20 heavy (non-hydrogen) atoms. The zero-order valence-corrected chi connectivity index (χ0v) is 10.6. The largest absolute Gasteiger partial charge is 0.332 e. The van der Waals surface area contributed by atoms with Crippen LogP contribution in [0, 0.1) is 20.2 Å². The zero-order chi connectivity index (χ0) is 14.4. The maximum atomic E-state index is 11.1. The molecule has 2 aromatic carbocycles. The van der Waals surface area contributed by atoms with E-state index in [1.54, 1.807) is 18.2 Å². The van der Waals surface area contributed by atoms with Gasteiger partial charge in [-0.3, -0.25) is 20.2 Å². The van der Waals surface area contributed by atoms with Crippen LogP contribution in [0.2, 0.25) is 0 Å². The highest BCUT2D eigenvalue weighted by molar-refractivity contribution is 7.80. The Bertz CT molecular complexity index is 805. The summed E-state index contributed by atoms with van der Waals surface area (Å²) in [5.74, 6) is 0. The highest BCUT2D eigenvalue weighted by Crippen LogP contribution is 2.44. The number of non-ortho nitro benzene ring substituents is 1. The topological polar surface area (TPSA) is 110 Å². The van der Waals surface area contributed by atoms with E-state index in [-0.39, 0.29) is 22.2 Å². The van der Waals surface area contributed by atoms with Gasteiger partial charge >= 0.3 is 0 Å². The summed E-state index contributed by atoms with van der Waals surface area (Å²) in [7, 11) is 0. The van der Waals surface area contributed by atoms with Crippen LogP contribution in [0.15, 0.2) is 24.3 Å². The molecule has 3 rings (SSSR count). The lowest BCUT2D eigenvalue weighted by atomic mass is 10.0. The SMILES string of the molecule is O=[N+]([O-])c1cc([N+](=O)[O-])c2cccc3c2c1NC(=S)N3. The summed E-state index contributed by atoms with van der Waals surface area (Å²) in [6.45, 7) is 0. The average molecular weight is 290 g/mol. The highest BCUT2D eigenvalue weighted by atomic mass is 32.1. The number of nitro benzene ring substituents is 2. The number of hydrogen-bond acceptors (Lipinski definition) is 5. The third-order valence-electron chi connectivity index (χ3n) is 3.00. The van der Waals surface area contributed by atoms with Crippen LogP contribution in [0.25, 0.3) is 10.8 Å². The number of nitrogens with one attached hydrogen (secondary N) is 2. The van der Waals surface area contributed by atoms with E-state index >= 15 is 0 Å². The van der Waals surface area contributed by atoms with Crippen molar-refractivity contribution in [3.05, 3.63) is 44.5 Å². The predicted octanol–water partition coefficient (Wildman–Crippen LogP) is 2.78. The van der Waals surface area contributed by atoms with Crippen molar-refractivity contribution in [2.75, 3.05) is 10.6 Å². The smallest absolute Gasteiger partial charge is 0.300 e. The summed E-state index contributed by atoms with van der Waals surface area (Å²) >= 11 is 4.98. The van der Waals surface area contributed by atoms with Crippen LogP contribution in [0.4, 0.5) is 22.7 Å². The lowest BCUT2D eigenvalue weighted by molar-refractivity contribution is -0.392. The van der Waals surface area contributed by atoms with Gasteiger partial charge in [0.2, 0.25) is 0 Å². The second-order valence-corrected chi connectivity index (χ2v) is 4.52. The van der Waals surface area contributed by atoms with Crippen LogP contribution >= 0.6 is 12.2 Å². The Kier molecular flexibility index (Phi) is 2.51. The molecule has 8 nitrogen and oxygen atoms in total. The number of rotatable bonds is 2. The van der Waals surface area contributed by atoms with E-state index in [9.17, 15) is 20.2 Å². The molecule has 0 bridgehead atoms. The first-order chi connectivity index (χ1) is 9.49. The van der Waals surface area contributed by atoms with Crippen LogP contribution in [-0.4, -0.2) is 15.0 Å². The van der Waals surface area contributed by atoms with Crippen molar-refractivity contribution in [2.24, 2.45) is 0 Å². The van der Waals surface area contributed by atoms with Gasteiger partial charge in [0.1, 0.15) is 5.69 Å². The Hall–Kier alpha value is -2.81. The van der Waals surface area contributed by atoms with Crippen LogP contribution < -0.4 is 10.6 Å². The summed E-state index contributed by atoms with van der Waals surface area (Å²) in [5.41, 5.74) is -0.00258. The minimum atomic E-state index is -0.667. The monoisotopic (exact) mass is 290 g/mol. The molecule has 0 saturated carbocycles. The Morgan fingerprint density at radius 2 is 1.75 bits per heavy atom. The van der Waals surface area contributed by atoms with Gasteiger partial charge in [0.25, 0.3) is 11.4 Å². The molecule has 9 heteroatoms. The second kappa shape index (κ2) is 4.10. The molecule has 0 atom stereocenters. The van der Waals surface area contributed by atoms with E-state index < -0.39 is 9.85 Å². The molecular weight excluding hydrogens is 284 g/mol. The molecule has 1 aliphatic heterocycles. The van der Waals surface area contributed by atoms with E-state index in [1.165, 1.54) is 0 Å². The van der Waals surface area contributed by atoms with Gasteiger partial charge in [0.05, 0.1) is 27.0 Å². The van der Waals surface area contributed by atoms with Crippen molar-refractivity contribution in [1.82, 2.24) is 0 Å². The first kappa shape index (κ1) is 12.2. The molecule has 0 saturated heterocycles. The highest BCUT2D eigenvalue weighted by Gasteiger charge is 2.29. The van der Waals surface area contributed by atoms with Gasteiger partial charge in [0, 0.05) is 5.39 Å². The fourth-order valence-electron chi connectivity index (χ4n) is 2.24. The number of benzene rings is 2. The Labute approximate surface area is 116 Å². The molecule has 0 unspecified atom stereocenters. The van der Waals surface area contributed by atoms with Crippen molar-refractivity contribution in [3.63, 3.8) is 0 Å². The quantitative estimate of drug-likeness (QED) is 0.497. The second-order valence-electron chi connectivity index (χ2n) is 4.11. The van der Waals surface area contributed by atoms with E-state index in [2.05, 4.69) is 10.6 Å². The summed E-state index contributed by atoms with van der Waals surface area (Å²) in [5, 5.41) is 28.7. The lowest BCUT2D eigenvalue weighted by Gasteiger charge is -2.20. The van der Waals surface area contributed by atoms with Crippen molar-refractivity contribution < 1.29 is 9.85 Å². The molecule has 100 valence electrons. The molecule has 2 N–H and O–H groups in total. The number of anilines is 2. The van der Waals surface area contributed by atoms with Crippen molar-refractivity contribution in [3.8, 4) is 0 Å². The van der Waals surface area contributed by atoms with E-state index in [0.717, 1.165) is 6.07 Å². The lowest BCUT2D eigenvalue weighted by Crippen LogP contribution is -2.24. The predicted molar refractivity (Wildman–Crippen MR) is 77.1 cm³/mol. The van der Waals surface area contributed by atoms with Gasteiger partial charge in [-0.1, -0.05) is 6.07 Å². The zero-order valence-electron chi connectivity index (χ0n) is 9.75.